The van der Waals surface area contributed by atoms with Crippen LogP contribution in [0.15, 0.2) is 146 Å². The van der Waals surface area contributed by atoms with Crippen molar-refractivity contribution in [1.82, 2.24) is 25.3 Å². The molecule has 17 heteroatoms. The summed E-state index contributed by atoms with van der Waals surface area (Å²) in [4.78, 5) is 2.71. The summed E-state index contributed by atoms with van der Waals surface area (Å²) in [6.07, 6.45) is 0. The van der Waals surface area contributed by atoms with Gasteiger partial charge in [-0.1, -0.05) is 67.9 Å². The van der Waals surface area contributed by atoms with E-state index in [2.05, 4.69) is 39.1 Å². The maximum Gasteiger partial charge on any atom is 0.297 e. The summed E-state index contributed by atoms with van der Waals surface area (Å²) in [5, 5.41) is 14.4. The molecule has 7 rings (SSSR count). The molecule has 2 heterocycles. The van der Waals surface area contributed by atoms with Crippen molar-refractivity contribution in [3.63, 3.8) is 0 Å². The van der Waals surface area contributed by atoms with Crippen molar-refractivity contribution < 1.29 is 38.9 Å². The zero-order chi connectivity index (χ0) is 41.3. The molecule has 0 saturated heterocycles. The van der Waals surface area contributed by atoms with Crippen LogP contribution < -0.4 is 9.47 Å². The monoisotopic (exact) mass is 845 g/mol. The second-order valence-electron chi connectivity index (χ2n) is 12.9. The quantitative estimate of drug-likeness (QED) is 0.0784. The Hall–Kier alpha value is -5.59. The van der Waals surface area contributed by atoms with Gasteiger partial charge in [0.15, 0.2) is 10.1 Å². The molecule has 0 fully saturated rings. The van der Waals surface area contributed by atoms with Crippen molar-refractivity contribution in [3.05, 3.63) is 127 Å². The van der Waals surface area contributed by atoms with Crippen LogP contribution in [0.4, 0.5) is 0 Å². The van der Waals surface area contributed by atoms with Gasteiger partial charge in [0.05, 0.1) is 25.7 Å². The molecule has 58 heavy (non-hydrogen) atoms. The molecule has 0 unspecified atom stereocenters. The number of rotatable bonds is 16. The first kappa shape index (κ1) is 42.0. The van der Waals surface area contributed by atoms with Gasteiger partial charge < -0.3 is 14.4 Å². The van der Waals surface area contributed by atoms with Crippen LogP contribution in [0.5, 0.6) is 11.5 Å². The van der Waals surface area contributed by atoms with Gasteiger partial charge in [-0.3, -0.25) is 14.4 Å². The van der Waals surface area contributed by atoms with Crippen LogP contribution in [0.3, 0.4) is 0 Å². The van der Waals surface area contributed by atoms with Gasteiger partial charge in [0, 0.05) is 17.3 Å². The summed E-state index contributed by atoms with van der Waals surface area (Å²) in [5.74, 6) is 0.996. The molecule has 0 bridgehead atoms. The lowest BCUT2D eigenvalue weighted by atomic mass is 10.2. The summed E-state index contributed by atoms with van der Waals surface area (Å²) in [5.41, 5.74) is 2.00. The molecule has 304 valence electrons. The lowest BCUT2D eigenvalue weighted by molar-refractivity contribution is 0.221. The van der Waals surface area contributed by atoms with Gasteiger partial charge in [0.2, 0.25) is 19.7 Å². The Morgan fingerprint density at radius 3 is 1.48 bits per heavy atom. The number of aromatic amines is 2. The number of benzene rings is 5. The van der Waals surface area contributed by atoms with Crippen LogP contribution in [0.2, 0.25) is 0 Å². The zero-order valence-electron chi connectivity index (χ0n) is 32.0. The van der Waals surface area contributed by atoms with Gasteiger partial charge in [-0.15, -0.1) is 0 Å². The molecule has 14 nitrogen and oxygen atoms in total. The lowest BCUT2D eigenvalue weighted by Gasteiger charge is -2.18. The molecule has 0 atom stereocenters. The number of hydrogen-bond acceptors (Lipinski definition) is 12. The largest absolute Gasteiger partial charge is 0.492 e. The molecule has 0 spiro atoms. The number of ether oxygens (including phenoxy) is 2. The topological polar surface area (TPSA) is 191 Å². The highest BCUT2D eigenvalue weighted by Crippen LogP contribution is 2.30. The lowest BCUT2D eigenvalue weighted by Crippen LogP contribution is -2.27. The second kappa shape index (κ2) is 18.3. The number of H-pyrrole nitrogens is 2. The van der Waals surface area contributed by atoms with Crippen molar-refractivity contribution in [1.29, 1.82) is 0 Å². The van der Waals surface area contributed by atoms with E-state index >= 15 is 0 Å². The van der Waals surface area contributed by atoms with Gasteiger partial charge in [-0.2, -0.15) is 18.6 Å². The Labute approximate surface area is 337 Å². The van der Waals surface area contributed by atoms with Crippen molar-refractivity contribution in [2.75, 3.05) is 39.5 Å². The summed E-state index contributed by atoms with van der Waals surface area (Å²) in [7, 11) is -11.3. The van der Waals surface area contributed by atoms with Crippen LogP contribution in [0.1, 0.15) is 19.4 Å². The number of nitrogens with zero attached hydrogens (tertiary/aromatic N) is 3. The predicted octanol–water partition coefficient (Wildman–Crippen LogP) is 6.60. The van der Waals surface area contributed by atoms with E-state index in [1.54, 1.807) is 91.0 Å². The number of fused-ring (bicyclic) bond motifs is 2. The molecule has 2 N–H and O–H groups in total. The van der Waals surface area contributed by atoms with Crippen LogP contribution in [0, 0.1) is 6.92 Å². The van der Waals surface area contributed by atoms with E-state index in [0.29, 0.717) is 39.9 Å². The molecular weight excluding hydrogens is 803 g/mol. The van der Waals surface area contributed by atoms with E-state index in [1.807, 2.05) is 13.0 Å². The van der Waals surface area contributed by atoms with Crippen LogP contribution in [-0.2, 0) is 34.0 Å². The molecular formula is C41H43N5O9S3. The molecule has 0 aliphatic heterocycles. The molecule has 0 radical (unpaired) electrons. The van der Waals surface area contributed by atoms with E-state index in [-0.39, 0.29) is 38.0 Å². The summed E-state index contributed by atoms with van der Waals surface area (Å²) in [6.45, 7) is 9.16. The highest BCUT2D eigenvalue weighted by molar-refractivity contribution is 7.92. The van der Waals surface area contributed by atoms with E-state index in [0.717, 1.165) is 25.2 Å². The van der Waals surface area contributed by atoms with Crippen LogP contribution >= 0.6 is 0 Å². The summed E-state index contributed by atoms with van der Waals surface area (Å²) in [6, 6.07) is 32.8. The molecule has 5 aromatic carbocycles. The molecule has 0 amide bonds. The van der Waals surface area contributed by atoms with Gasteiger partial charge in [-0.25, -0.2) is 16.8 Å². The Balaban J connectivity index is 0.000000200. The van der Waals surface area contributed by atoms with Crippen molar-refractivity contribution in [2.45, 2.75) is 45.5 Å². The van der Waals surface area contributed by atoms with Gasteiger partial charge in [0.25, 0.3) is 10.1 Å². The van der Waals surface area contributed by atoms with E-state index < -0.39 is 29.8 Å². The smallest absolute Gasteiger partial charge is 0.297 e. The van der Waals surface area contributed by atoms with E-state index in [4.69, 9.17) is 13.7 Å². The number of nitrogens with one attached hydrogen (secondary N) is 2. The maximum absolute atomic E-state index is 12.9. The van der Waals surface area contributed by atoms with Crippen molar-refractivity contribution >= 4 is 51.6 Å². The summed E-state index contributed by atoms with van der Waals surface area (Å²) >= 11 is 0. The minimum atomic E-state index is -3.89. The SMILES string of the molecule is CCN(CC)CCOc1ccc2n[nH]c(S(=O)(=O)c3ccccc3)c2c1.Cc1ccc(S(=O)(=O)OCCOc2ccc3n[nH]c(S(=O)(=O)c4ccccc4)c3c2)cc1. The van der Waals surface area contributed by atoms with Crippen LogP contribution in [-0.4, -0.2) is 90.0 Å². The molecule has 7 aromatic rings. The third-order valence-corrected chi connectivity index (χ3v) is 13.9. The fourth-order valence-corrected chi connectivity index (χ4v) is 9.50. The fraction of sp³-hybridized carbons (Fsp3) is 0.220. The zero-order valence-corrected chi connectivity index (χ0v) is 34.5. The van der Waals surface area contributed by atoms with Crippen molar-refractivity contribution in [2.24, 2.45) is 0 Å². The third kappa shape index (κ3) is 9.74. The average molecular weight is 846 g/mol. The summed E-state index contributed by atoms with van der Waals surface area (Å²) < 4.78 is 92.5. The predicted molar refractivity (Wildman–Crippen MR) is 219 cm³/mol. The minimum absolute atomic E-state index is 0.0395. The first-order valence-electron chi connectivity index (χ1n) is 18.3. The second-order valence-corrected chi connectivity index (χ2v) is 18.3. The standard InChI is InChI=1S/C22H20N2O6S2.C19H23N3O3S/c1-16-7-10-19(11-8-16)32(27,28)30-14-13-29-17-9-12-21-20(15-17)22(24-23-21)31(25,26)18-5-3-2-4-6-18;1-3-22(4-2)12-13-25-15-10-11-18-17(14-15)19(21-20-18)26(23,24)16-8-6-5-7-9-16/h2-12,15H,13-14H2,1H3,(H,23,24);5-11,14H,3-4,12-13H2,1-2H3,(H,20,21). The van der Waals surface area contributed by atoms with Gasteiger partial charge in [-0.05, 0) is 92.8 Å². The Morgan fingerprint density at radius 1 is 0.552 bits per heavy atom. The van der Waals surface area contributed by atoms with Gasteiger partial charge >= 0.3 is 0 Å². The highest BCUT2D eigenvalue weighted by atomic mass is 32.2. The number of sulfone groups is 2. The average Bonchev–Trinajstić information content (AvgIpc) is 3.87. The highest BCUT2D eigenvalue weighted by Gasteiger charge is 2.24. The number of aromatic nitrogens is 4. The van der Waals surface area contributed by atoms with Gasteiger partial charge in [0.1, 0.15) is 31.3 Å². The van der Waals surface area contributed by atoms with Crippen LogP contribution in [0.25, 0.3) is 21.8 Å². The fourth-order valence-electron chi connectivity index (χ4n) is 5.86. The first-order chi connectivity index (χ1) is 27.8. The van der Waals surface area contributed by atoms with E-state index in [9.17, 15) is 25.3 Å². The molecule has 0 aliphatic rings. The Kier molecular flexibility index (Phi) is 13.3. The molecule has 0 aliphatic carbocycles. The molecule has 2 aromatic heterocycles. The third-order valence-electron chi connectivity index (χ3n) is 9.10. The number of hydrogen-bond donors (Lipinski definition) is 2. The normalized spacial score (nSPS) is 12.1. The van der Waals surface area contributed by atoms with E-state index in [1.165, 1.54) is 24.3 Å². The minimum Gasteiger partial charge on any atom is -0.492 e. The molecule has 0 saturated carbocycles. The number of likely N-dealkylation sites (N-methyl/N-ethyl adjacent to an activating group) is 1. The Bertz CT molecular complexity index is 2790. The maximum atomic E-state index is 12.9. The van der Waals surface area contributed by atoms with Crippen molar-refractivity contribution in [3.8, 4) is 11.5 Å². The number of aryl methyl sites for hydroxylation is 1. The first-order valence-corrected chi connectivity index (χ1v) is 22.7. The Morgan fingerprint density at radius 2 is 1.02 bits per heavy atom.